The number of phenolic OH excluding ortho intramolecular Hbond substituents is 2. The Labute approximate surface area is 144 Å². The number of phosphoric acid groups is 4. The molecule has 10 N–H and O–H groups in total. The van der Waals surface area contributed by atoms with Crippen molar-refractivity contribution in [2.24, 2.45) is 0 Å². The van der Waals surface area contributed by atoms with Crippen LogP contribution in [0.2, 0.25) is 0 Å². The van der Waals surface area contributed by atoms with E-state index in [4.69, 9.17) is 49.4 Å². The summed E-state index contributed by atoms with van der Waals surface area (Å²) in [4.78, 5) is 62.0. The summed E-state index contributed by atoms with van der Waals surface area (Å²) in [7, 11) is -20.2. The lowest BCUT2D eigenvalue weighted by atomic mass is 10.3. The van der Waals surface area contributed by atoms with Gasteiger partial charge in [-0.15, -0.1) is 0 Å². The molecule has 1 rings (SSSR count). The molecular formula is C6H14O16P4. The predicted octanol–water partition coefficient (Wildman–Crippen LogP) is -0.525. The molecule has 0 aliphatic rings. The van der Waals surface area contributed by atoms with Crippen LogP contribution in [0.5, 0.6) is 11.5 Å². The van der Waals surface area contributed by atoms with E-state index >= 15 is 0 Å². The Morgan fingerprint density at radius 1 is 0.577 bits per heavy atom. The maximum atomic E-state index is 9.63. The van der Waals surface area contributed by atoms with Gasteiger partial charge in [0.05, 0.1) is 0 Å². The lowest BCUT2D eigenvalue weighted by Crippen LogP contribution is -1.84. The van der Waals surface area contributed by atoms with Gasteiger partial charge in [0.25, 0.3) is 0 Å². The highest BCUT2D eigenvalue weighted by Crippen LogP contribution is 2.54. The average Bonchev–Trinajstić information content (AvgIpc) is 2.18. The molecule has 26 heavy (non-hydrogen) atoms. The molecule has 0 heterocycles. The van der Waals surface area contributed by atoms with Crippen molar-refractivity contribution in [1.82, 2.24) is 0 Å². The maximum Gasteiger partial charge on any atom is 0.478 e. The minimum Gasteiger partial charge on any atom is -0.508 e. The topological polar surface area (TPSA) is 289 Å². The number of rotatable bonds is 4. The molecule has 0 saturated carbocycles. The Hall–Kier alpha value is -0.660. The zero-order valence-electron chi connectivity index (χ0n) is 12.0. The normalized spacial score (nSPS) is 12.3. The van der Waals surface area contributed by atoms with Gasteiger partial charge in [-0.1, -0.05) is 6.07 Å². The van der Waals surface area contributed by atoms with Crippen molar-refractivity contribution in [3.05, 3.63) is 24.3 Å². The van der Waals surface area contributed by atoms with E-state index in [2.05, 4.69) is 8.62 Å². The minimum absolute atomic E-state index is 0.0880. The van der Waals surface area contributed by atoms with Crippen molar-refractivity contribution >= 4 is 31.3 Å². The number of phenols is 2. The first-order valence-corrected chi connectivity index (χ1v) is 11.5. The fourth-order valence-electron chi connectivity index (χ4n) is 0.770. The van der Waals surface area contributed by atoms with Crippen molar-refractivity contribution in [2.45, 2.75) is 0 Å². The smallest absolute Gasteiger partial charge is 0.478 e. The summed E-state index contributed by atoms with van der Waals surface area (Å²) in [5.41, 5.74) is 0. The van der Waals surface area contributed by atoms with Crippen LogP contribution >= 0.6 is 31.3 Å². The monoisotopic (exact) mass is 466 g/mol. The number of benzene rings is 1. The van der Waals surface area contributed by atoms with Crippen LogP contribution in [0.1, 0.15) is 0 Å². The summed E-state index contributed by atoms with van der Waals surface area (Å²) in [6.07, 6.45) is 0. The van der Waals surface area contributed by atoms with Crippen LogP contribution in [0.25, 0.3) is 0 Å². The molecule has 154 valence electrons. The van der Waals surface area contributed by atoms with Gasteiger partial charge in [-0.25, -0.2) is 18.3 Å². The van der Waals surface area contributed by atoms with Crippen LogP contribution in [0, 0.1) is 0 Å². The predicted molar refractivity (Wildman–Crippen MR) is 80.1 cm³/mol. The molecule has 0 saturated heterocycles. The van der Waals surface area contributed by atoms with Gasteiger partial charge in [0.1, 0.15) is 11.5 Å². The number of hydrogen-bond acceptors (Lipinski definition) is 8. The summed E-state index contributed by atoms with van der Waals surface area (Å²) in [6, 6.07) is 5.85. The molecule has 0 radical (unpaired) electrons. The standard InChI is InChI=1S/C6H6O2.2H4O7P2/c7-5-2-1-3-6(8)4-5;2*1-8(2,3)7-9(4,5)6/h1-4,7-8H;2*(H2,1,2,3)(H2,4,5,6). The Morgan fingerprint density at radius 2 is 0.808 bits per heavy atom. The summed E-state index contributed by atoms with van der Waals surface area (Å²) < 4.78 is 44.4. The van der Waals surface area contributed by atoms with Gasteiger partial charge in [-0.05, 0) is 12.1 Å². The second-order valence-corrected chi connectivity index (χ2v) is 8.88. The summed E-state index contributed by atoms with van der Waals surface area (Å²) in [6.45, 7) is 0. The molecule has 0 aliphatic heterocycles. The van der Waals surface area contributed by atoms with Crippen molar-refractivity contribution in [3.63, 3.8) is 0 Å². The molecule has 0 fully saturated rings. The first kappa shape index (κ1) is 27.6. The first-order chi connectivity index (χ1) is 11.2. The van der Waals surface area contributed by atoms with Crippen molar-refractivity contribution in [3.8, 4) is 11.5 Å². The zero-order valence-corrected chi connectivity index (χ0v) is 15.6. The summed E-state index contributed by atoms with van der Waals surface area (Å²) >= 11 is 0. The zero-order chi connectivity index (χ0) is 21.4. The molecule has 20 heteroatoms. The molecular weight excluding hydrogens is 452 g/mol. The highest BCUT2D eigenvalue weighted by Gasteiger charge is 2.28. The Balaban J connectivity index is 0. The van der Waals surface area contributed by atoms with Crippen molar-refractivity contribution in [2.75, 3.05) is 0 Å². The molecule has 0 bridgehead atoms. The maximum absolute atomic E-state index is 9.63. The van der Waals surface area contributed by atoms with Crippen LogP contribution in [-0.4, -0.2) is 49.4 Å². The fourth-order valence-corrected chi connectivity index (χ4v) is 2.99. The lowest BCUT2D eigenvalue weighted by Gasteiger charge is -2.03. The van der Waals surface area contributed by atoms with E-state index in [1.165, 1.54) is 18.2 Å². The van der Waals surface area contributed by atoms with Crippen LogP contribution in [0.3, 0.4) is 0 Å². The lowest BCUT2D eigenvalue weighted by molar-refractivity contribution is 0.221. The van der Waals surface area contributed by atoms with Gasteiger partial charge in [0, 0.05) is 6.07 Å². The van der Waals surface area contributed by atoms with Gasteiger partial charge in [-0.2, -0.15) is 8.62 Å². The van der Waals surface area contributed by atoms with Gasteiger partial charge >= 0.3 is 31.3 Å². The fraction of sp³-hybridized carbons (Fsp3) is 0. The second-order valence-electron chi connectivity index (χ2n) is 3.65. The van der Waals surface area contributed by atoms with E-state index < -0.39 is 31.3 Å². The SMILES string of the molecule is O=P(O)(O)OP(=O)(O)O.O=P(O)(O)OP(=O)(O)O.Oc1cccc(O)c1. The summed E-state index contributed by atoms with van der Waals surface area (Å²) in [5, 5.41) is 17.3. The van der Waals surface area contributed by atoms with E-state index in [-0.39, 0.29) is 11.5 Å². The third-order valence-corrected chi connectivity index (χ3v) is 4.66. The quantitative estimate of drug-likeness (QED) is 0.250. The van der Waals surface area contributed by atoms with Crippen LogP contribution in [0.15, 0.2) is 24.3 Å². The third kappa shape index (κ3) is 25.6. The highest BCUT2D eigenvalue weighted by molar-refractivity contribution is 7.60. The average molecular weight is 466 g/mol. The van der Waals surface area contributed by atoms with Crippen LogP contribution in [0.4, 0.5) is 0 Å². The second kappa shape index (κ2) is 10.6. The Morgan fingerprint density at radius 3 is 0.885 bits per heavy atom. The minimum atomic E-state index is -5.05. The van der Waals surface area contributed by atoms with Gasteiger partial charge in [0.15, 0.2) is 0 Å². The van der Waals surface area contributed by atoms with E-state index in [0.29, 0.717) is 0 Å². The van der Waals surface area contributed by atoms with Gasteiger partial charge in [0.2, 0.25) is 0 Å². The van der Waals surface area contributed by atoms with Crippen molar-refractivity contribution < 1.29 is 76.2 Å². The molecule has 1 aromatic rings. The number of aromatic hydroxyl groups is 2. The molecule has 0 atom stereocenters. The Bertz CT molecular complexity index is 636. The van der Waals surface area contributed by atoms with Gasteiger partial charge < -0.3 is 49.4 Å². The molecule has 0 unspecified atom stereocenters. The number of hydrogen-bond donors (Lipinski definition) is 10. The summed E-state index contributed by atoms with van der Waals surface area (Å²) in [5.74, 6) is 0.176. The molecule has 1 aromatic carbocycles. The van der Waals surface area contributed by atoms with E-state index in [1.807, 2.05) is 0 Å². The molecule has 16 nitrogen and oxygen atoms in total. The highest BCUT2D eigenvalue weighted by atomic mass is 31.3. The first-order valence-electron chi connectivity index (χ1n) is 5.33. The Kier molecular flexibility index (Phi) is 11.3. The van der Waals surface area contributed by atoms with Gasteiger partial charge in [-0.3, -0.25) is 0 Å². The van der Waals surface area contributed by atoms with Crippen molar-refractivity contribution in [1.29, 1.82) is 0 Å². The largest absolute Gasteiger partial charge is 0.508 e. The van der Waals surface area contributed by atoms with E-state index in [0.717, 1.165) is 0 Å². The third-order valence-electron chi connectivity index (χ3n) is 1.26. The van der Waals surface area contributed by atoms with Crippen LogP contribution < -0.4 is 0 Å². The molecule has 0 amide bonds. The molecule has 0 spiro atoms. The molecule has 0 aliphatic carbocycles. The van der Waals surface area contributed by atoms with Crippen LogP contribution in [-0.2, 0) is 26.9 Å². The molecule has 0 aromatic heterocycles. The van der Waals surface area contributed by atoms with E-state index in [1.54, 1.807) is 6.07 Å². The van der Waals surface area contributed by atoms with E-state index in [9.17, 15) is 18.3 Å².